The zero-order valence-electron chi connectivity index (χ0n) is 9.20. The minimum absolute atomic E-state index is 0.447. The number of aromatic nitrogens is 1. The SMILES string of the molecule is CC(C)c1cnc(C#N)cc1C(C)C. The third kappa shape index (κ3) is 2.11. The summed E-state index contributed by atoms with van der Waals surface area (Å²) < 4.78 is 0. The molecule has 0 saturated carbocycles. The van der Waals surface area contributed by atoms with Gasteiger partial charge in [0.05, 0.1) is 0 Å². The Hall–Kier alpha value is -1.36. The molecule has 0 saturated heterocycles. The molecule has 74 valence electrons. The van der Waals surface area contributed by atoms with Gasteiger partial charge in [-0.3, -0.25) is 0 Å². The number of hydrogen-bond acceptors (Lipinski definition) is 2. The minimum Gasteiger partial charge on any atom is -0.245 e. The molecule has 1 aromatic rings. The van der Waals surface area contributed by atoms with E-state index in [0.717, 1.165) is 0 Å². The van der Waals surface area contributed by atoms with Gasteiger partial charge in [-0.15, -0.1) is 0 Å². The summed E-state index contributed by atoms with van der Waals surface area (Å²) in [4.78, 5) is 4.10. The fourth-order valence-electron chi connectivity index (χ4n) is 1.53. The van der Waals surface area contributed by atoms with Gasteiger partial charge in [-0.05, 0) is 29.0 Å². The van der Waals surface area contributed by atoms with Gasteiger partial charge in [0.2, 0.25) is 0 Å². The summed E-state index contributed by atoms with van der Waals surface area (Å²) in [6.07, 6.45) is 1.83. The molecule has 0 N–H and O–H groups in total. The van der Waals surface area contributed by atoms with Crippen LogP contribution in [0.2, 0.25) is 0 Å². The van der Waals surface area contributed by atoms with Crippen molar-refractivity contribution in [3.05, 3.63) is 29.1 Å². The Morgan fingerprint density at radius 3 is 2.14 bits per heavy atom. The number of rotatable bonds is 2. The molecule has 0 bridgehead atoms. The summed E-state index contributed by atoms with van der Waals surface area (Å²) in [6, 6.07) is 3.98. The number of nitrogens with zero attached hydrogens (tertiary/aromatic N) is 2. The first-order chi connectivity index (χ1) is 6.56. The van der Waals surface area contributed by atoms with E-state index in [4.69, 9.17) is 5.26 Å². The highest BCUT2D eigenvalue weighted by molar-refractivity contribution is 5.35. The predicted octanol–water partition coefficient (Wildman–Crippen LogP) is 3.20. The second kappa shape index (κ2) is 4.23. The molecule has 0 fully saturated rings. The van der Waals surface area contributed by atoms with Crippen LogP contribution >= 0.6 is 0 Å². The van der Waals surface area contributed by atoms with Gasteiger partial charge < -0.3 is 0 Å². The van der Waals surface area contributed by atoms with Gasteiger partial charge in [-0.25, -0.2) is 4.98 Å². The molecular formula is C12H16N2. The first-order valence-electron chi connectivity index (χ1n) is 4.96. The molecule has 0 atom stereocenters. The van der Waals surface area contributed by atoms with E-state index in [1.54, 1.807) is 0 Å². The average Bonchev–Trinajstić information content (AvgIpc) is 2.16. The quantitative estimate of drug-likeness (QED) is 0.714. The van der Waals surface area contributed by atoms with Crippen molar-refractivity contribution in [2.45, 2.75) is 39.5 Å². The highest BCUT2D eigenvalue weighted by Gasteiger charge is 2.11. The van der Waals surface area contributed by atoms with Crippen LogP contribution in [-0.2, 0) is 0 Å². The number of hydrogen-bond donors (Lipinski definition) is 0. The van der Waals surface area contributed by atoms with Crippen LogP contribution in [-0.4, -0.2) is 4.98 Å². The van der Waals surface area contributed by atoms with Crippen molar-refractivity contribution in [3.63, 3.8) is 0 Å². The van der Waals surface area contributed by atoms with Crippen LogP contribution in [0, 0.1) is 11.3 Å². The average molecular weight is 188 g/mol. The Bertz CT molecular complexity index is 359. The fourth-order valence-corrected chi connectivity index (χ4v) is 1.53. The lowest BCUT2D eigenvalue weighted by molar-refractivity contribution is 0.781. The highest BCUT2D eigenvalue weighted by Crippen LogP contribution is 2.25. The lowest BCUT2D eigenvalue weighted by Gasteiger charge is -2.14. The second-order valence-electron chi connectivity index (χ2n) is 4.12. The molecule has 1 aromatic heterocycles. The lowest BCUT2D eigenvalue weighted by atomic mass is 9.92. The van der Waals surface area contributed by atoms with Crippen molar-refractivity contribution in [2.75, 3.05) is 0 Å². The van der Waals surface area contributed by atoms with E-state index < -0.39 is 0 Å². The molecule has 0 spiro atoms. The molecule has 0 unspecified atom stereocenters. The molecule has 2 heteroatoms. The molecule has 0 aliphatic heterocycles. The third-order valence-corrected chi connectivity index (χ3v) is 2.33. The van der Waals surface area contributed by atoms with E-state index in [9.17, 15) is 0 Å². The normalized spacial score (nSPS) is 10.6. The molecular weight excluding hydrogens is 172 g/mol. The Morgan fingerprint density at radius 1 is 1.14 bits per heavy atom. The fraction of sp³-hybridized carbons (Fsp3) is 0.500. The molecule has 0 amide bonds. The summed E-state index contributed by atoms with van der Waals surface area (Å²) in [6.45, 7) is 8.58. The van der Waals surface area contributed by atoms with Crippen LogP contribution < -0.4 is 0 Å². The Morgan fingerprint density at radius 2 is 1.71 bits per heavy atom. The van der Waals surface area contributed by atoms with Gasteiger partial charge in [0.1, 0.15) is 11.8 Å². The van der Waals surface area contributed by atoms with Gasteiger partial charge in [-0.2, -0.15) is 5.26 Å². The van der Waals surface area contributed by atoms with Gasteiger partial charge in [0, 0.05) is 6.20 Å². The van der Waals surface area contributed by atoms with Crippen molar-refractivity contribution in [1.29, 1.82) is 5.26 Å². The van der Waals surface area contributed by atoms with Gasteiger partial charge in [0.15, 0.2) is 0 Å². The molecule has 0 aromatic carbocycles. The zero-order chi connectivity index (χ0) is 10.7. The first kappa shape index (κ1) is 10.7. The third-order valence-electron chi connectivity index (χ3n) is 2.33. The summed E-state index contributed by atoms with van der Waals surface area (Å²) in [5.41, 5.74) is 3.00. The largest absolute Gasteiger partial charge is 0.245 e. The van der Waals surface area contributed by atoms with Gasteiger partial charge in [0.25, 0.3) is 0 Å². The molecule has 1 heterocycles. The highest BCUT2D eigenvalue weighted by atomic mass is 14.7. The van der Waals surface area contributed by atoms with E-state index in [1.807, 2.05) is 12.3 Å². The smallest absolute Gasteiger partial charge is 0.140 e. The van der Waals surface area contributed by atoms with Gasteiger partial charge >= 0.3 is 0 Å². The topological polar surface area (TPSA) is 36.7 Å². The van der Waals surface area contributed by atoms with Crippen LogP contribution in [0.1, 0.15) is 56.4 Å². The van der Waals surface area contributed by atoms with E-state index in [-0.39, 0.29) is 0 Å². The molecule has 2 nitrogen and oxygen atoms in total. The van der Waals surface area contributed by atoms with Crippen molar-refractivity contribution in [1.82, 2.24) is 4.98 Å². The van der Waals surface area contributed by atoms with Crippen LogP contribution in [0.5, 0.6) is 0 Å². The van der Waals surface area contributed by atoms with E-state index >= 15 is 0 Å². The minimum atomic E-state index is 0.447. The van der Waals surface area contributed by atoms with Crippen LogP contribution in [0.25, 0.3) is 0 Å². The Kier molecular flexibility index (Phi) is 3.24. The summed E-state index contributed by atoms with van der Waals surface area (Å²) >= 11 is 0. The van der Waals surface area contributed by atoms with Crippen molar-refractivity contribution < 1.29 is 0 Å². The first-order valence-corrected chi connectivity index (χ1v) is 4.96. The summed E-state index contributed by atoms with van der Waals surface area (Å²) in [5, 5.41) is 8.76. The summed E-state index contributed by atoms with van der Waals surface area (Å²) in [7, 11) is 0. The van der Waals surface area contributed by atoms with E-state index in [1.165, 1.54) is 11.1 Å². The van der Waals surface area contributed by atoms with Crippen LogP contribution in [0.3, 0.4) is 0 Å². The maximum Gasteiger partial charge on any atom is 0.140 e. The Balaban J connectivity index is 3.26. The Labute approximate surface area is 85.6 Å². The van der Waals surface area contributed by atoms with E-state index in [0.29, 0.717) is 17.5 Å². The molecule has 1 rings (SSSR count). The molecule has 0 radical (unpaired) electrons. The summed E-state index contributed by atoms with van der Waals surface area (Å²) in [5.74, 6) is 0.912. The lowest BCUT2D eigenvalue weighted by Crippen LogP contribution is -2.01. The van der Waals surface area contributed by atoms with Crippen molar-refractivity contribution in [3.8, 4) is 6.07 Å². The zero-order valence-corrected chi connectivity index (χ0v) is 9.20. The number of nitriles is 1. The van der Waals surface area contributed by atoms with Crippen molar-refractivity contribution in [2.24, 2.45) is 0 Å². The van der Waals surface area contributed by atoms with Crippen molar-refractivity contribution >= 4 is 0 Å². The molecule has 14 heavy (non-hydrogen) atoms. The standard InChI is InChI=1S/C12H16N2/c1-8(2)11-5-10(6-13)14-7-12(11)9(3)4/h5,7-9H,1-4H3. The predicted molar refractivity (Wildman–Crippen MR) is 57.1 cm³/mol. The van der Waals surface area contributed by atoms with Crippen LogP contribution in [0.4, 0.5) is 0 Å². The number of pyridine rings is 1. The molecule has 0 aliphatic carbocycles. The maximum atomic E-state index is 8.76. The van der Waals surface area contributed by atoms with Crippen LogP contribution in [0.15, 0.2) is 12.3 Å². The second-order valence-corrected chi connectivity index (χ2v) is 4.12. The maximum absolute atomic E-state index is 8.76. The molecule has 0 aliphatic rings. The van der Waals surface area contributed by atoms with Gasteiger partial charge in [-0.1, -0.05) is 27.7 Å². The monoisotopic (exact) mass is 188 g/mol. The van der Waals surface area contributed by atoms with E-state index in [2.05, 4.69) is 38.7 Å².